The third kappa shape index (κ3) is 3.89. The van der Waals surface area contributed by atoms with Gasteiger partial charge in [0, 0.05) is 17.0 Å². The highest BCUT2D eigenvalue weighted by atomic mass is 32.1. The summed E-state index contributed by atoms with van der Waals surface area (Å²) in [5, 5.41) is 19.9. The maximum absolute atomic E-state index is 10.6. The minimum atomic E-state index is 0.220. The monoisotopic (exact) mass is 405 g/mol. The lowest BCUT2D eigenvalue weighted by molar-refractivity contribution is 0.351. The Morgan fingerprint density at radius 3 is 2.55 bits per heavy atom. The van der Waals surface area contributed by atoms with Gasteiger partial charge in [-0.3, -0.25) is 5.41 Å². The predicted octanol–water partition coefficient (Wildman–Crippen LogP) is 4.93. The molecule has 1 aromatic heterocycles. The minimum absolute atomic E-state index is 0.220. The maximum atomic E-state index is 10.6. The van der Waals surface area contributed by atoms with Gasteiger partial charge in [-0.2, -0.15) is 0 Å². The maximum Gasteiger partial charge on any atom is 0.135 e. The third-order valence-electron chi connectivity index (χ3n) is 5.07. The standard InChI is InChI=1S/C23H23N3O2S/c1-15-21(17-6-4-3-5-7-17)25-23(29-15)20-19(27)14-26(22(20)24)13-12-16-8-10-18(28-2)11-9-16/h3-11,24,27H,12-14H2,1-2H3. The van der Waals surface area contributed by atoms with Gasteiger partial charge in [0.05, 0.1) is 24.9 Å². The number of aryl methyl sites for hydroxylation is 1. The van der Waals surface area contributed by atoms with Gasteiger partial charge in [-0.25, -0.2) is 4.98 Å². The van der Waals surface area contributed by atoms with Crippen molar-refractivity contribution in [2.75, 3.05) is 20.2 Å². The van der Waals surface area contributed by atoms with E-state index in [-0.39, 0.29) is 5.76 Å². The first kappa shape index (κ1) is 19.2. The minimum Gasteiger partial charge on any atom is -0.510 e. The molecule has 0 radical (unpaired) electrons. The average molecular weight is 406 g/mol. The topological polar surface area (TPSA) is 69.4 Å². The lowest BCUT2D eigenvalue weighted by Crippen LogP contribution is -2.28. The van der Waals surface area contributed by atoms with Crippen LogP contribution in [0.25, 0.3) is 16.8 Å². The molecular weight excluding hydrogens is 382 g/mol. The van der Waals surface area contributed by atoms with Crippen LogP contribution in [0.1, 0.15) is 15.4 Å². The largest absolute Gasteiger partial charge is 0.510 e. The highest BCUT2D eigenvalue weighted by Gasteiger charge is 2.30. The number of hydrogen-bond acceptors (Lipinski definition) is 5. The molecule has 1 aliphatic heterocycles. The molecule has 2 N–H and O–H groups in total. The summed E-state index contributed by atoms with van der Waals surface area (Å²) in [6, 6.07) is 18.0. The number of nitrogens with zero attached hydrogens (tertiary/aromatic N) is 2. The first-order chi connectivity index (χ1) is 14.1. The summed E-state index contributed by atoms with van der Waals surface area (Å²) in [7, 11) is 1.65. The van der Waals surface area contributed by atoms with Crippen molar-refractivity contribution >= 4 is 22.7 Å². The van der Waals surface area contributed by atoms with Crippen molar-refractivity contribution in [2.45, 2.75) is 13.3 Å². The normalized spacial score (nSPS) is 14.0. The van der Waals surface area contributed by atoms with Gasteiger partial charge in [-0.15, -0.1) is 11.3 Å². The van der Waals surface area contributed by atoms with E-state index in [1.54, 1.807) is 7.11 Å². The molecule has 0 fully saturated rings. The van der Waals surface area contributed by atoms with Crippen LogP contribution in [0.4, 0.5) is 0 Å². The van der Waals surface area contributed by atoms with Crippen LogP contribution in [0.3, 0.4) is 0 Å². The van der Waals surface area contributed by atoms with E-state index in [9.17, 15) is 5.11 Å². The summed E-state index contributed by atoms with van der Waals surface area (Å²) in [5.74, 6) is 1.39. The second kappa shape index (κ2) is 8.09. The Bertz CT molecular complexity index is 1060. The number of nitrogens with one attached hydrogen (secondary N) is 1. The second-order valence-corrected chi connectivity index (χ2v) is 8.18. The van der Waals surface area contributed by atoms with Crippen molar-refractivity contribution in [3.63, 3.8) is 0 Å². The fourth-order valence-corrected chi connectivity index (χ4v) is 4.48. The highest BCUT2D eigenvalue weighted by molar-refractivity contribution is 7.13. The molecule has 29 heavy (non-hydrogen) atoms. The number of hydrogen-bond donors (Lipinski definition) is 2. The molecule has 0 atom stereocenters. The van der Waals surface area contributed by atoms with Gasteiger partial charge >= 0.3 is 0 Å². The number of methoxy groups -OCH3 is 1. The van der Waals surface area contributed by atoms with Crippen molar-refractivity contribution < 1.29 is 9.84 Å². The van der Waals surface area contributed by atoms with Gasteiger partial charge in [-0.1, -0.05) is 42.5 Å². The van der Waals surface area contributed by atoms with Crippen LogP contribution in [-0.4, -0.2) is 41.0 Å². The molecule has 2 aromatic carbocycles. The van der Waals surface area contributed by atoms with E-state index in [1.807, 2.05) is 66.4 Å². The van der Waals surface area contributed by atoms with Gasteiger partial charge in [0.2, 0.25) is 0 Å². The zero-order valence-corrected chi connectivity index (χ0v) is 17.3. The summed E-state index contributed by atoms with van der Waals surface area (Å²) < 4.78 is 5.19. The van der Waals surface area contributed by atoms with Crippen molar-refractivity contribution in [3.05, 3.63) is 75.8 Å². The summed E-state index contributed by atoms with van der Waals surface area (Å²) in [6.07, 6.45) is 0.791. The van der Waals surface area contributed by atoms with Gasteiger partial charge < -0.3 is 14.7 Å². The van der Waals surface area contributed by atoms with E-state index >= 15 is 0 Å². The second-order valence-electron chi connectivity index (χ2n) is 6.98. The molecule has 0 aliphatic carbocycles. The number of thiazole rings is 1. The van der Waals surface area contributed by atoms with E-state index in [2.05, 4.69) is 0 Å². The van der Waals surface area contributed by atoms with E-state index in [1.165, 1.54) is 16.9 Å². The lowest BCUT2D eigenvalue weighted by atomic mass is 10.1. The van der Waals surface area contributed by atoms with Gasteiger partial charge in [0.25, 0.3) is 0 Å². The Kier molecular flexibility index (Phi) is 5.36. The number of aromatic nitrogens is 1. The Morgan fingerprint density at radius 2 is 1.86 bits per heavy atom. The Balaban J connectivity index is 1.49. The molecule has 3 aromatic rings. The summed E-state index contributed by atoms with van der Waals surface area (Å²) >= 11 is 1.52. The van der Waals surface area contributed by atoms with Crippen LogP contribution in [0.2, 0.25) is 0 Å². The first-order valence-corrected chi connectivity index (χ1v) is 10.3. The molecule has 148 valence electrons. The highest BCUT2D eigenvalue weighted by Crippen LogP contribution is 2.35. The molecule has 6 heteroatoms. The van der Waals surface area contributed by atoms with Crippen LogP contribution in [0, 0.1) is 12.3 Å². The summed E-state index contributed by atoms with van der Waals surface area (Å²) in [5.41, 5.74) is 3.68. The van der Waals surface area contributed by atoms with Gasteiger partial charge in [-0.05, 0) is 31.0 Å². The third-order valence-corrected chi connectivity index (χ3v) is 6.06. The molecule has 5 nitrogen and oxygen atoms in total. The van der Waals surface area contributed by atoms with Crippen molar-refractivity contribution in [1.29, 1.82) is 5.41 Å². The smallest absolute Gasteiger partial charge is 0.135 e. The van der Waals surface area contributed by atoms with E-state index < -0.39 is 0 Å². The lowest BCUT2D eigenvalue weighted by Gasteiger charge is -2.18. The number of aliphatic hydroxyl groups excluding tert-OH is 1. The number of ether oxygens (including phenoxy) is 1. The van der Waals surface area contributed by atoms with E-state index in [0.29, 0.717) is 29.5 Å². The van der Waals surface area contributed by atoms with Crippen LogP contribution in [-0.2, 0) is 6.42 Å². The zero-order valence-electron chi connectivity index (χ0n) is 16.5. The Labute approximate surface area is 174 Å². The van der Waals surface area contributed by atoms with Crippen molar-refractivity contribution in [2.24, 2.45) is 0 Å². The van der Waals surface area contributed by atoms with Crippen LogP contribution >= 0.6 is 11.3 Å². The van der Waals surface area contributed by atoms with E-state index in [4.69, 9.17) is 15.1 Å². The molecule has 0 saturated heterocycles. The van der Waals surface area contributed by atoms with Crippen molar-refractivity contribution in [3.8, 4) is 17.0 Å². The first-order valence-electron chi connectivity index (χ1n) is 9.49. The SMILES string of the molecule is COc1ccc(CCN2CC(O)=C(c3nc(-c4ccccc4)c(C)s3)C2=N)cc1. The average Bonchev–Trinajstić information content (AvgIpc) is 3.26. The Hall–Kier alpha value is -3.12. The fraction of sp³-hybridized carbons (Fsp3) is 0.217. The van der Waals surface area contributed by atoms with Crippen LogP contribution in [0.5, 0.6) is 5.75 Å². The molecule has 4 rings (SSSR count). The van der Waals surface area contributed by atoms with Crippen LogP contribution in [0.15, 0.2) is 60.4 Å². The number of benzene rings is 2. The van der Waals surface area contributed by atoms with Crippen LogP contribution < -0.4 is 4.74 Å². The summed E-state index contributed by atoms with van der Waals surface area (Å²) in [6.45, 7) is 3.04. The zero-order chi connectivity index (χ0) is 20.4. The Morgan fingerprint density at radius 1 is 1.14 bits per heavy atom. The number of amidine groups is 1. The molecule has 0 spiro atoms. The molecule has 0 bridgehead atoms. The van der Waals surface area contributed by atoms with Gasteiger partial charge in [0.1, 0.15) is 22.4 Å². The van der Waals surface area contributed by atoms with Gasteiger partial charge in [0.15, 0.2) is 0 Å². The molecular formula is C23H23N3O2S. The fourth-order valence-electron chi connectivity index (χ4n) is 3.47. The molecule has 1 aliphatic rings. The molecule has 0 unspecified atom stereocenters. The quantitative estimate of drug-likeness (QED) is 0.610. The van der Waals surface area contributed by atoms with Crippen molar-refractivity contribution in [1.82, 2.24) is 9.88 Å². The van der Waals surface area contributed by atoms with E-state index in [0.717, 1.165) is 28.3 Å². The molecule has 0 amide bonds. The number of rotatable bonds is 6. The predicted molar refractivity (Wildman–Crippen MR) is 118 cm³/mol. The number of aliphatic hydroxyl groups is 1. The molecule has 2 heterocycles. The molecule has 0 saturated carbocycles. The summed E-state index contributed by atoms with van der Waals surface area (Å²) in [4.78, 5) is 7.73.